The van der Waals surface area contributed by atoms with E-state index in [1.54, 1.807) is 22.8 Å². The highest BCUT2D eigenvalue weighted by Gasteiger charge is 2.30. The monoisotopic (exact) mass is 479 g/mol. The smallest absolute Gasteiger partial charge is 0.335 e. The number of fused-ring (bicyclic) bond motifs is 1. The van der Waals surface area contributed by atoms with Crippen molar-refractivity contribution in [3.8, 4) is 28.3 Å². The van der Waals surface area contributed by atoms with Gasteiger partial charge in [0.25, 0.3) is 0 Å². The Balaban J connectivity index is 1.92. The minimum Gasteiger partial charge on any atom is -0.507 e. The molecule has 180 valence electrons. The van der Waals surface area contributed by atoms with Gasteiger partial charge in [-0.05, 0) is 48.7 Å². The first-order valence-electron chi connectivity index (χ1n) is 11.2. The van der Waals surface area contributed by atoms with Crippen molar-refractivity contribution in [1.29, 1.82) is 0 Å². The van der Waals surface area contributed by atoms with E-state index in [0.717, 1.165) is 11.8 Å². The number of phenolic OH excluding ortho intramolecular Hbond substituents is 1. The summed E-state index contributed by atoms with van der Waals surface area (Å²) in [5.74, 6) is -2.54. The number of halogens is 2. The third kappa shape index (κ3) is 4.00. The number of carboxylic acids is 1. The molecule has 0 unspecified atom stereocenters. The Morgan fingerprint density at radius 2 is 1.86 bits per heavy atom. The number of carbonyl (C=O) groups is 1. The summed E-state index contributed by atoms with van der Waals surface area (Å²) in [5, 5.41) is 20.9. The highest BCUT2D eigenvalue weighted by Crippen LogP contribution is 2.47. The first-order valence-corrected chi connectivity index (χ1v) is 11.2. The Labute approximate surface area is 200 Å². The van der Waals surface area contributed by atoms with E-state index < -0.39 is 17.6 Å². The number of rotatable bonds is 5. The molecular formula is C27H23F2NO5. The molecule has 0 spiro atoms. The summed E-state index contributed by atoms with van der Waals surface area (Å²) in [6.07, 6.45) is 1.34. The van der Waals surface area contributed by atoms with Gasteiger partial charge in [0.2, 0.25) is 0 Å². The summed E-state index contributed by atoms with van der Waals surface area (Å²) in [4.78, 5) is 11.7. The number of aromatic hydroxyl groups is 1. The standard InChI is InChI=1S/C27H23F2NO5/c1-34-23-14-19(5-6-20(23)29)30-21-12-18(28)13-22(31)25(21)24(26(30)15-7-9-35-10-8-15)16-3-2-4-17(11-16)27(32)33/h2-6,11-15,31H,7-10H2,1H3,(H,32,33). The molecule has 1 aromatic heterocycles. The number of phenols is 1. The minimum atomic E-state index is -1.08. The number of methoxy groups -OCH3 is 1. The van der Waals surface area contributed by atoms with Gasteiger partial charge in [0.05, 0.1) is 23.6 Å². The van der Waals surface area contributed by atoms with Crippen LogP contribution in [0.25, 0.3) is 27.7 Å². The van der Waals surface area contributed by atoms with Crippen molar-refractivity contribution >= 4 is 16.9 Å². The third-order valence-electron chi connectivity index (χ3n) is 6.45. The molecule has 0 atom stereocenters. The van der Waals surface area contributed by atoms with E-state index in [1.165, 1.54) is 37.4 Å². The van der Waals surface area contributed by atoms with Gasteiger partial charge in [-0.25, -0.2) is 13.6 Å². The lowest BCUT2D eigenvalue weighted by Crippen LogP contribution is -2.17. The maximum Gasteiger partial charge on any atom is 0.335 e. The van der Waals surface area contributed by atoms with Crippen molar-refractivity contribution in [2.75, 3.05) is 20.3 Å². The van der Waals surface area contributed by atoms with Crippen LogP contribution in [-0.2, 0) is 4.74 Å². The molecule has 1 aliphatic heterocycles. The van der Waals surface area contributed by atoms with Crippen LogP contribution in [0.4, 0.5) is 8.78 Å². The molecule has 1 fully saturated rings. The average molecular weight is 479 g/mol. The first kappa shape index (κ1) is 22.9. The molecule has 6 nitrogen and oxygen atoms in total. The zero-order chi connectivity index (χ0) is 24.7. The molecule has 0 radical (unpaired) electrons. The van der Waals surface area contributed by atoms with E-state index in [-0.39, 0.29) is 23.0 Å². The number of benzene rings is 3. The number of hydrogen-bond acceptors (Lipinski definition) is 4. The highest BCUT2D eigenvalue weighted by atomic mass is 19.1. The van der Waals surface area contributed by atoms with Gasteiger partial charge in [0.15, 0.2) is 11.6 Å². The van der Waals surface area contributed by atoms with Gasteiger partial charge in [0, 0.05) is 48.2 Å². The molecule has 8 heteroatoms. The van der Waals surface area contributed by atoms with Gasteiger partial charge in [-0.1, -0.05) is 12.1 Å². The number of hydrogen-bond donors (Lipinski definition) is 2. The van der Waals surface area contributed by atoms with Crippen LogP contribution in [-0.4, -0.2) is 41.1 Å². The van der Waals surface area contributed by atoms with Crippen LogP contribution >= 0.6 is 0 Å². The molecule has 1 saturated heterocycles. The maximum atomic E-state index is 14.6. The van der Waals surface area contributed by atoms with Crippen LogP contribution in [0.2, 0.25) is 0 Å². The SMILES string of the molecule is COc1cc(-n2c(C3CCOCC3)c(-c3cccc(C(=O)O)c3)c3c(O)cc(F)cc32)ccc1F. The van der Waals surface area contributed by atoms with Gasteiger partial charge in [-0.3, -0.25) is 0 Å². The topological polar surface area (TPSA) is 80.9 Å². The fourth-order valence-electron chi connectivity index (χ4n) is 4.90. The van der Waals surface area contributed by atoms with Crippen molar-refractivity contribution in [3.05, 3.63) is 77.5 Å². The number of nitrogens with zero attached hydrogens (tertiary/aromatic N) is 1. The summed E-state index contributed by atoms with van der Waals surface area (Å²) >= 11 is 0. The van der Waals surface area contributed by atoms with E-state index in [4.69, 9.17) is 9.47 Å². The number of carboxylic acid groups (broad SMARTS) is 1. The van der Waals surface area contributed by atoms with Gasteiger partial charge < -0.3 is 24.3 Å². The molecule has 0 saturated carbocycles. The van der Waals surface area contributed by atoms with Gasteiger partial charge in [0.1, 0.15) is 11.6 Å². The second-order valence-corrected chi connectivity index (χ2v) is 8.51. The van der Waals surface area contributed by atoms with Crippen molar-refractivity contribution < 1.29 is 33.3 Å². The fourth-order valence-corrected chi connectivity index (χ4v) is 4.90. The zero-order valence-corrected chi connectivity index (χ0v) is 18.9. The number of ether oxygens (including phenoxy) is 2. The molecule has 2 N–H and O–H groups in total. The molecule has 4 aromatic rings. The lowest BCUT2D eigenvalue weighted by Gasteiger charge is -2.26. The van der Waals surface area contributed by atoms with Crippen molar-refractivity contribution in [1.82, 2.24) is 4.57 Å². The molecule has 0 aliphatic carbocycles. The fraction of sp³-hybridized carbons (Fsp3) is 0.222. The summed E-state index contributed by atoms with van der Waals surface area (Å²) < 4.78 is 41.4. The van der Waals surface area contributed by atoms with Crippen LogP contribution in [0.5, 0.6) is 11.5 Å². The first-order chi connectivity index (χ1) is 16.9. The second kappa shape index (κ2) is 9.03. The van der Waals surface area contributed by atoms with Crippen LogP contribution in [0, 0.1) is 11.6 Å². The van der Waals surface area contributed by atoms with E-state index >= 15 is 0 Å². The third-order valence-corrected chi connectivity index (χ3v) is 6.45. The molecule has 0 bridgehead atoms. The molecule has 35 heavy (non-hydrogen) atoms. The van der Waals surface area contributed by atoms with E-state index in [1.807, 2.05) is 0 Å². The molecule has 1 aliphatic rings. The summed E-state index contributed by atoms with van der Waals surface area (Å²) in [5.41, 5.74) is 2.95. The van der Waals surface area contributed by atoms with E-state index in [2.05, 4.69) is 0 Å². The number of aromatic nitrogens is 1. The van der Waals surface area contributed by atoms with E-state index in [9.17, 15) is 23.8 Å². The summed E-state index contributed by atoms with van der Waals surface area (Å²) in [6, 6.07) is 13.2. The number of aromatic carboxylic acids is 1. The van der Waals surface area contributed by atoms with Crippen LogP contribution in [0.3, 0.4) is 0 Å². The van der Waals surface area contributed by atoms with Gasteiger partial charge in [-0.2, -0.15) is 0 Å². The Kier molecular flexibility index (Phi) is 5.90. The van der Waals surface area contributed by atoms with Crippen molar-refractivity contribution in [2.45, 2.75) is 18.8 Å². The molecule has 5 rings (SSSR count). The summed E-state index contributed by atoms with van der Waals surface area (Å²) in [7, 11) is 1.36. The maximum absolute atomic E-state index is 14.6. The van der Waals surface area contributed by atoms with Crippen molar-refractivity contribution in [3.63, 3.8) is 0 Å². The quantitative estimate of drug-likeness (QED) is 0.374. The van der Waals surface area contributed by atoms with Crippen LogP contribution in [0.15, 0.2) is 54.6 Å². The molecule has 3 aromatic carbocycles. The average Bonchev–Trinajstić information content (AvgIpc) is 3.20. The lowest BCUT2D eigenvalue weighted by atomic mass is 9.89. The van der Waals surface area contributed by atoms with Crippen LogP contribution < -0.4 is 4.74 Å². The zero-order valence-electron chi connectivity index (χ0n) is 18.9. The van der Waals surface area contributed by atoms with Crippen molar-refractivity contribution in [2.24, 2.45) is 0 Å². The Bertz CT molecular complexity index is 1440. The van der Waals surface area contributed by atoms with Gasteiger partial charge in [-0.15, -0.1) is 0 Å². The Hall–Kier alpha value is -3.91. The predicted octanol–water partition coefficient (Wildman–Crippen LogP) is 5.88. The molecule has 0 amide bonds. The Morgan fingerprint density at radius 1 is 1.09 bits per heavy atom. The van der Waals surface area contributed by atoms with Gasteiger partial charge >= 0.3 is 5.97 Å². The molecule has 2 heterocycles. The normalized spacial score (nSPS) is 14.4. The Morgan fingerprint density at radius 3 is 2.57 bits per heavy atom. The minimum absolute atomic E-state index is 0.0253. The largest absolute Gasteiger partial charge is 0.507 e. The highest BCUT2D eigenvalue weighted by molar-refractivity contribution is 6.04. The van der Waals surface area contributed by atoms with Crippen LogP contribution in [0.1, 0.15) is 34.8 Å². The molecular weight excluding hydrogens is 456 g/mol. The second-order valence-electron chi connectivity index (χ2n) is 8.51. The predicted molar refractivity (Wildman–Crippen MR) is 127 cm³/mol. The summed E-state index contributed by atoms with van der Waals surface area (Å²) in [6.45, 7) is 1.04. The lowest BCUT2D eigenvalue weighted by molar-refractivity contribution is 0.0697. The van der Waals surface area contributed by atoms with E-state index in [0.29, 0.717) is 53.8 Å².